The number of rotatable bonds is 11. The van der Waals surface area contributed by atoms with Crippen LogP contribution in [0.5, 0.6) is 11.5 Å². The number of nitrogens with zero attached hydrogens (tertiary/aromatic N) is 2. The second-order valence-corrected chi connectivity index (χ2v) is 10.6. The zero-order chi connectivity index (χ0) is 24.7. The second kappa shape index (κ2) is 12.5. The third-order valence-corrected chi connectivity index (χ3v) is 7.20. The van der Waals surface area contributed by atoms with Gasteiger partial charge in [-0.05, 0) is 70.4 Å². The molecule has 0 amide bonds. The standard InChI is InChI=1S/C27H38Cl2N2O3/c1-20(2)31(21(3)4)15-16-33-23-7-5-22(6-8-23)18-30-13-11-27(32,12-14-30)19-34-24-9-10-25(28)26(29)17-24/h5-10,17,20-21,32H,11-16,18-19H2,1-4H3. The molecular weight excluding hydrogens is 471 g/mol. The van der Waals surface area contributed by atoms with Crippen LogP contribution < -0.4 is 9.47 Å². The fraction of sp³-hybridized carbons (Fsp3) is 0.556. The van der Waals surface area contributed by atoms with Crippen molar-refractivity contribution in [2.45, 2.75) is 64.8 Å². The Morgan fingerprint density at radius 3 is 2.12 bits per heavy atom. The highest BCUT2D eigenvalue weighted by molar-refractivity contribution is 6.42. The van der Waals surface area contributed by atoms with Crippen LogP contribution in [0, 0.1) is 0 Å². The summed E-state index contributed by atoms with van der Waals surface area (Å²) < 4.78 is 11.8. The number of benzene rings is 2. The third kappa shape index (κ3) is 8.03. The monoisotopic (exact) mass is 508 g/mol. The molecule has 0 saturated carbocycles. The fourth-order valence-corrected chi connectivity index (χ4v) is 4.67. The van der Waals surface area contributed by atoms with Gasteiger partial charge in [-0.15, -0.1) is 0 Å². The molecule has 0 bridgehead atoms. The average molecular weight is 510 g/mol. The molecule has 2 aromatic rings. The second-order valence-electron chi connectivity index (χ2n) is 9.78. The highest BCUT2D eigenvalue weighted by atomic mass is 35.5. The summed E-state index contributed by atoms with van der Waals surface area (Å²) in [5, 5.41) is 11.9. The van der Waals surface area contributed by atoms with Crippen LogP contribution in [0.2, 0.25) is 10.0 Å². The molecule has 0 spiro atoms. The number of piperidine rings is 1. The maximum Gasteiger partial charge on any atom is 0.121 e. The predicted molar refractivity (Wildman–Crippen MR) is 140 cm³/mol. The zero-order valence-electron chi connectivity index (χ0n) is 20.8. The number of likely N-dealkylation sites (tertiary alicyclic amines) is 1. The Kier molecular flexibility index (Phi) is 9.93. The van der Waals surface area contributed by atoms with E-state index in [1.165, 1.54) is 5.56 Å². The summed E-state index contributed by atoms with van der Waals surface area (Å²) in [5.41, 5.74) is 0.413. The highest BCUT2D eigenvalue weighted by Crippen LogP contribution is 2.29. The smallest absolute Gasteiger partial charge is 0.121 e. The number of hydrogen-bond donors (Lipinski definition) is 1. The molecule has 0 aromatic heterocycles. The summed E-state index contributed by atoms with van der Waals surface area (Å²) in [6, 6.07) is 14.5. The lowest BCUT2D eigenvalue weighted by atomic mass is 9.92. The third-order valence-electron chi connectivity index (χ3n) is 6.46. The molecule has 7 heteroatoms. The zero-order valence-corrected chi connectivity index (χ0v) is 22.3. The van der Waals surface area contributed by atoms with E-state index in [0.29, 0.717) is 47.3 Å². The van der Waals surface area contributed by atoms with Crippen LogP contribution in [-0.2, 0) is 6.54 Å². The van der Waals surface area contributed by atoms with Crippen molar-refractivity contribution < 1.29 is 14.6 Å². The van der Waals surface area contributed by atoms with Crippen molar-refractivity contribution in [3.63, 3.8) is 0 Å². The van der Waals surface area contributed by atoms with Gasteiger partial charge in [-0.2, -0.15) is 0 Å². The van der Waals surface area contributed by atoms with Crippen molar-refractivity contribution in [1.82, 2.24) is 9.80 Å². The number of hydrogen-bond acceptors (Lipinski definition) is 5. The number of aliphatic hydroxyl groups is 1. The molecule has 0 atom stereocenters. The minimum atomic E-state index is -0.833. The maximum absolute atomic E-state index is 10.9. The summed E-state index contributed by atoms with van der Waals surface area (Å²) in [6.45, 7) is 13.2. The Balaban J connectivity index is 1.41. The van der Waals surface area contributed by atoms with Gasteiger partial charge >= 0.3 is 0 Å². The van der Waals surface area contributed by atoms with Crippen molar-refractivity contribution in [1.29, 1.82) is 0 Å². The Labute approximate surface area is 214 Å². The van der Waals surface area contributed by atoms with Crippen molar-refractivity contribution in [2.75, 3.05) is 32.8 Å². The van der Waals surface area contributed by atoms with Crippen molar-refractivity contribution in [3.8, 4) is 11.5 Å². The lowest BCUT2D eigenvalue weighted by molar-refractivity contribution is -0.0537. The van der Waals surface area contributed by atoms with E-state index in [4.69, 9.17) is 32.7 Å². The topological polar surface area (TPSA) is 45.2 Å². The van der Waals surface area contributed by atoms with Gasteiger partial charge in [-0.25, -0.2) is 0 Å². The van der Waals surface area contributed by atoms with Gasteiger partial charge in [0.2, 0.25) is 0 Å². The van der Waals surface area contributed by atoms with E-state index >= 15 is 0 Å². The van der Waals surface area contributed by atoms with Crippen molar-refractivity contribution >= 4 is 23.2 Å². The minimum absolute atomic E-state index is 0.246. The summed E-state index contributed by atoms with van der Waals surface area (Å²) in [7, 11) is 0. The van der Waals surface area contributed by atoms with Crippen LogP contribution in [0.3, 0.4) is 0 Å². The van der Waals surface area contributed by atoms with Gasteiger partial charge < -0.3 is 14.6 Å². The average Bonchev–Trinajstić information content (AvgIpc) is 2.80. The lowest BCUT2D eigenvalue weighted by Crippen LogP contribution is -2.47. The first-order valence-electron chi connectivity index (χ1n) is 12.2. The molecule has 0 radical (unpaired) electrons. The Bertz CT molecular complexity index is 889. The van der Waals surface area contributed by atoms with Crippen molar-refractivity contribution in [3.05, 3.63) is 58.1 Å². The minimum Gasteiger partial charge on any atom is -0.492 e. The van der Waals surface area contributed by atoms with E-state index in [1.54, 1.807) is 18.2 Å². The van der Waals surface area contributed by atoms with Gasteiger partial charge in [0.1, 0.15) is 30.3 Å². The largest absolute Gasteiger partial charge is 0.492 e. The molecule has 3 rings (SSSR count). The first kappa shape index (κ1) is 27.1. The van der Waals surface area contributed by atoms with Crippen LogP contribution in [0.25, 0.3) is 0 Å². The van der Waals surface area contributed by atoms with Gasteiger partial charge in [0, 0.05) is 44.3 Å². The van der Waals surface area contributed by atoms with Crippen LogP contribution in [-0.4, -0.2) is 65.4 Å². The molecule has 1 saturated heterocycles. The van der Waals surface area contributed by atoms with Gasteiger partial charge in [-0.1, -0.05) is 35.3 Å². The van der Waals surface area contributed by atoms with Crippen LogP contribution in [0.15, 0.2) is 42.5 Å². The van der Waals surface area contributed by atoms with Gasteiger partial charge in [0.25, 0.3) is 0 Å². The normalized spacial score (nSPS) is 16.4. The molecular formula is C27H38Cl2N2O3. The molecule has 34 heavy (non-hydrogen) atoms. The van der Waals surface area contributed by atoms with E-state index in [1.807, 2.05) is 0 Å². The van der Waals surface area contributed by atoms with Gasteiger partial charge in [-0.3, -0.25) is 9.80 Å². The molecule has 1 fully saturated rings. The molecule has 0 aliphatic carbocycles. The summed E-state index contributed by atoms with van der Waals surface area (Å²) >= 11 is 12.0. The van der Waals surface area contributed by atoms with E-state index in [0.717, 1.165) is 31.9 Å². The molecule has 1 N–H and O–H groups in total. The molecule has 1 aliphatic heterocycles. The lowest BCUT2D eigenvalue weighted by Gasteiger charge is -2.38. The molecule has 0 unspecified atom stereocenters. The van der Waals surface area contributed by atoms with E-state index in [-0.39, 0.29) is 6.61 Å². The van der Waals surface area contributed by atoms with E-state index in [2.05, 4.69) is 61.8 Å². The fourth-order valence-electron chi connectivity index (χ4n) is 4.39. The van der Waals surface area contributed by atoms with Crippen LogP contribution >= 0.6 is 23.2 Å². The van der Waals surface area contributed by atoms with Gasteiger partial charge in [0.05, 0.1) is 10.0 Å². The molecule has 1 aliphatic rings. The summed E-state index contributed by atoms with van der Waals surface area (Å²) in [4.78, 5) is 4.80. The quantitative estimate of drug-likeness (QED) is 0.409. The first-order valence-corrected chi connectivity index (χ1v) is 12.9. The van der Waals surface area contributed by atoms with E-state index < -0.39 is 5.60 Å². The van der Waals surface area contributed by atoms with Crippen LogP contribution in [0.1, 0.15) is 46.1 Å². The predicted octanol–water partition coefficient (Wildman–Crippen LogP) is 5.90. The highest BCUT2D eigenvalue weighted by Gasteiger charge is 2.33. The maximum atomic E-state index is 10.9. The summed E-state index contributed by atoms with van der Waals surface area (Å²) in [6.07, 6.45) is 1.33. The van der Waals surface area contributed by atoms with Gasteiger partial charge in [0.15, 0.2) is 0 Å². The molecule has 2 aromatic carbocycles. The van der Waals surface area contributed by atoms with Crippen LogP contribution in [0.4, 0.5) is 0 Å². The van der Waals surface area contributed by atoms with Crippen molar-refractivity contribution in [2.24, 2.45) is 0 Å². The molecule has 1 heterocycles. The Hall–Kier alpha value is -1.50. The number of halogens is 2. The first-order chi connectivity index (χ1) is 16.1. The molecule has 188 valence electrons. The van der Waals surface area contributed by atoms with E-state index in [9.17, 15) is 5.11 Å². The summed E-state index contributed by atoms with van der Waals surface area (Å²) in [5.74, 6) is 1.53. The SMILES string of the molecule is CC(C)N(CCOc1ccc(CN2CCC(O)(COc3ccc(Cl)c(Cl)c3)CC2)cc1)C(C)C. The molecule has 5 nitrogen and oxygen atoms in total. The Morgan fingerprint density at radius 1 is 0.912 bits per heavy atom. The Morgan fingerprint density at radius 2 is 1.53 bits per heavy atom. The number of ether oxygens (including phenoxy) is 2.